The Morgan fingerprint density at radius 2 is 1.91 bits per heavy atom. The highest BCUT2D eigenvalue weighted by molar-refractivity contribution is 7.98. The highest BCUT2D eigenvalue weighted by Gasteiger charge is 2.14. The van der Waals surface area contributed by atoms with Crippen LogP contribution < -0.4 is 4.68 Å². The van der Waals surface area contributed by atoms with E-state index >= 15 is 0 Å². The zero-order valence-electron chi connectivity index (χ0n) is 13.2. The molecule has 0 aliphatic rings. The molecular formula is C18H19N4S+. The van der Waals surface area contributed by atoms with E-state index < -0.39 is 0 Å². The Kier molecular flexibility index (Phi) is 3.58. The van der Waals surface area contributed by atoms with Crippen molar-refractivity contribution < 1.29 is 4.68 Å². The van der Waals surface area contributed by atoms with Crippen LogP contribution in [0, 0.1) is 0 Å². The summed E-state index contributed by atoms with van der Waals surface area (Å²) in [5.74, 6) is 1.37. The highest BCUT2D eigenvalue weighted by atomic mass is 32.2. The van der Waals surface area contributed by atoms with E-state index in [1.807, 2.05) is 18.0 Å². The quantitative estimate of drug-likeness (QED) is 0.437. The normalized spacial score (nSPS) is 11.8. The van der Waals surface area contributed by atoms with Gasteiger partial charge in [0.2, 0.25) is 12.1 Å². The van der Waals surface area contributed by atoms with Crippen molar-refractivity contribution in [3.63, 3.8) is 0 Å². The van der Waals surface area contributed by atoms with Crippen LogP contribution in [0.4, 0.5) is 0 Å². The average Bonchev–Trinajstić information content (AvgIpc) is 3.18. The van der Waals surface area contributed by atoms with Gasteiger partial charge in [0.25, 0.3) is 0 Å². The largest absolute Gasteiger partial charge is 0.278 e. The first-order valence-electron chi connectivity index (χ1n) is 7.78. The molecule has 0 spiro atoms. The van der Waals surface area contributed by atoms with Crippen molar-refractivity contribution in [3.05, 3.63) is 54.4 Å². The molecule has 2 aromatic carbocycles. The van der Waals surface area contributed by atoms with Gasteiger partial charge in [-0.2, -0.15) is 10.2 Å². The molecule has 0 saturated carbocycles. The summed E-state index contributed by atoms with van der Waals surface area (Å²) in [5.41, 5.74) is 3.66. The standard InChI is InChI=1S/C18H18N4S/c1-12(2)13-5-3-7-17-15(13)10-22(21-17)11-23-18-8-4-6-16-14(18)9-19-20-16/h3-10,12H,11H2,1-2H3,(H,19,20)/p+1. The minimum absolute atomic E-state index is 0.523. The number of H-pyrrole nitrogens is 2. The van der Waals surface area contributed by atoms with Crippen LogP contribution in [0.15, 0.2) is 53.7 Å². The molecule has 2 N–H and O–H groups in total. The van der Waals surface area contributed by atoms with Crippen molar-refractivity contribution in [2.45, 2.75) is 30.5 Å². The van der Waals surface area contributed by atoms with Crippen LogP contribution in [0.5, 0.6) is 0 Å². The van der Waals surface area contributed by atoms with Crippen molar-refractivity contribution in [2.75, 3.05) is 0 Å². The van der Waals surface area contributed by atoms with Crippen LogP contribution in [0.3, 0.4) is 0 Å². The summed E-state index contributed by atoms with van der Waals surface area (Å²) in [6.07, 6.45) is 4.11. The number of hydrogen-bond donors (Lipinski definition) is 2. The van der Waals surface area contributed by atoms with E-state index in [1.54, 1.807) is 0 Å². The van der Waals surface area contributed by atoms with Gasteiger partial charge in [-0.05, 0) is 29.7 Å². The predicted molar refractivity (Wildman–Crippen MR) is 94.5 cm³/mol. The molecule has 0 unspecified atom stereocenters. The van der Waals surface area contributed by atoms with Crippen LogP contribution in [0.1, 0.15) is 25.3 Å². The summed E-state index contributed by atoms with van der Waals surface area (Å²) >= 11 is 1.81. The molecule has 116 valence electrons. The van der Waals surface area contributed by atoms with Gasteiger partial charge < -0.3 is 0 Å². The zero-order chi connectivity index (χ0) is 15.8. The van der Waals surface area contributed by atoms with Gasteiger partial charge in [0, 0.05) is 10.3 Å². The van der Waals surface area contributed by atoms with Crippen molar-refractivity contribution >= 4 is 33.6 Å². The Balaban J connectivity index is 1.63. The molecule has 0 aliphatic carbocycles. The van der Waals surface area contributed by atoms with Crippen LogP contribution in [0.2, 0.25) is 0 Å². The second-order valence-corrected chi connectivity index (χ2v) is 7.02. The van der Waals surface area contributed by atoms with E-state index in [0.717, 1.165) is 11.4 Å². The number of benzene rings is 2. The molecule has 0 amide bonds. The highest BCUT2D eigenvalue weighted by Crippen LogP contribution is 2.27. The lowest BCUT2D eigenvalue weighted by molar-refractivity contribution is -0.728. The fraction of sp³-hybridized carbons (Fsp3) is 0.222. The Labute approximate surface area is 138 Å². The molecule has 0 fully saturated rings. The molecule has 0 saturated heterocycles. The molecule has 4 aromatic rings. The molecule has 0 bridgehead atoms. The zero-order valence-corrected chi connectivity index (χ0v) is 14.0. The summed E-state index contributed by atoms with van der Waals surface area (Å²) in [6.45, 7) is 4.47. The van der Waals surface area contributed by atoms with Gasteiger partial charge in [-0.3, -0.25) is 5.10 Å². The number of nitrogens with zero attached hydrogens (tertiary/aromatic N) is 2. The number of aromatic nitrogens is 4. The van der Waals surface area contributed by atoms with Crippen molar-refractivity contribution in [2.24, 2.45) is 0 Å². The summed E-state index contributed by atoms with van der Waals surface area (Å²) in [7, 11) is 0. The fourth-order valence-electron chi connectivity index (χ4n) is 2.95. The Hall–Kier alpha value is -2.27. The van der Waals surface area contributed by atoms with Gasteiger partial charge in [-0.1, -0.05) is 43.8 Å². The molecule has 2 heterocycles. The second kappa shape index (κ2) is 5.74. The van der Waals surface area contributed by atoms with Gasteiger partial charge in [-0.25, -0.2) is 0 Å². The van der Waals surface area contributed by atoms with Gasteiger partial charge in [0.05, 0.1) is 17.1 Å². The summed E-state index contributed by atoms with van der Waals surface area (Å²) in [5, 5.41) is 13.1. The number of aromatic amines is 2. The lowest BCUT2D eigenvalue weighted by atomic mass is 10.00. The molecule has 0 atom stereocenters. The minimum Gasteiger partial charge on any atom is -0.278 e. The second-order valence-electron chi connectivity index (χ2n) is 6.03. The Morgan fingerprint density at radius 3 is 2.78 bits per heavy atom. The van der Waals surface area contributed by atoms with Crippen LogP contribution in [-0.4, -0.2) is 15.3 Å². The number of hydrogen-bond acceptors (Lipinski definition) is 2. The third kappa shape index (κ3) is 2.61. The van der Waals surface area contributed by atoms with Crippen molar-refractivity contribution in [1.29, 1.82) is 0 Å². The molecule has 0 radical (unpaired) electrons. The molecule has 23 heavy (non-hydrogen) atoms. The van der Waals surface area contributed by atoms with E-state index in [2.05, 4.69) is 76.4 Å². The molecule has 0 aliphatic heterocycles. The lowest BCUT2D eigenvalue weighted by Gasteiger charge is -2.03. The third-order valence-corrected chi connectivity index (χ3v) is 5.19. The maximum absolute atomic E-state index is 4.13. The van der Waals surface area contributed by atoms with Gasteiger partial charge in [0.1, 0.15) is 5.52 Å². The molecule has 2 aromatic heterocycles. The Morgan fingerprint density at radius 1 is 1.09 bits per heavy atom. The summed E-state index contributed by atoms with van der Waals surface area (Å²) < 4.78 is 2.15. The molecule has 5 heteroatoms. The maximum atomic E-state index is 4.13. The Bertz CT molecular complexity index is 967. The predicted octanol–water partition coefficient (Wildman–Crippen LogP) is 4.20. The topological polar surface area (TPSA) is 48.3 Å². The average molecular weight is 323 g/mol. The van der Waals surface area contributed by atoms with E-state index in [-0.39, 0.29) is 0 Å². The monoisotopic (exact) mass is 323 g/mol. The number of thioether (sulfide) groups is 1. The SMILES string of the molecule is CC(C)c1cccc2[nH][n+](CSc3cccc4[nH]ncc34)cc12. The van der Waals surface area contributed by atoms with E-state index in [4.69, 9.17) is 0 Å². The van der Waals surface area contributed by atoms with E-state index in [9.17, 15) is 0 Å². The number of rotatable bonds is 4. The number of nitrogens with one attached hydrogen (secondary N) is 2. The van der Waals surface area contributed by atoms with Gasteiger partial charge >= 0.3 is 0 Å². The fourth-order valence-corrected chi connectivity index (χ4v) is 3.86. The third-order valence-electron chi connectivity index (χ3n) is 4.11. The first-order chi connectivity index (χ1) is 11.2. The summed E-state index contributed by atoms with van der Waals surface area (Å²) in [4.78, 5) is 1.24. The molecule has 4 nitrogen and oxygen atoms in total. The van der Waals surface area contributed by atoms with Crippen molar-refractivity contribution in [1.82, 2.24) is 15.3 Å². The van der Waals surface area contributed by atoms with Crippen molar-refractivity contribution in [3.8, 4) is 0 Å². The maximum Gasteiger partial charge on any atom is 0.222 e. The molecular weight excluding hydrogens is 304 g/mol. The van der Waals surface area contributed by atoms with Crippen LogP contribution >= 0.6 is 11.8 Å². The first-order valence-corrected chi connectivity index (χ1v) is 8.77. The lowest BCUT2D eigenvalue weighted by Crippen LogP contribution is -2.32. The smallest absolute Gasteiger partial charge is 0.222 e. The summed E-state index contributed by atoms with van der Waals surface area (Å²) in [6, 6.07) is 12.7. The van der Waals surface area contributed by atoms with Gasteiger partial charge in [-0.15, -0.1) is 4.68 Å². The first kappa shape index (κ1) is 14.3. The number of fused-ring (bicyclic) bond motifs is 2. The van der Waals surface area contributed by atoms with Crippen LogP contribution in [-0.2, 0) is 5.88 Å². The van der Waals surface area contributed by atoms with Crippen LogP contribution in [0.25, 0.3) is 21.8 Å². The molecule has 4 rings (SSSR count). The van der Waals surface area contributed by atoms with E-state index in [0.29, 0.717) is 5.92 Å². The van der Waals surface area contributed by atoms with Gasteiger partial charge in [0.15, 0.2) is 0 Å². The van der Waals surface area contributed by atoms with E-state index in [1.165, 1.54) is 26.7 Å². The minimum atomic E-state index is 0.523.